The van der Waals surface area contributed by atoms with Crippen LogP contribution >= 0.6 is 27.5 Å². The molecule has 0 amide bonds. The smallest absolute Gasteiger partial charge is 0.151 e. The van der Waals surface area contributed by atoms with E-state index in [2.05, 4.69) is 15.9 Å². The molecule has 0 aliphatic heterocycles. The summed E-state index contributed by atoms with van der Waals surface area (Å²) in [6, 6.07) is 2.02. The van der Waals surface area contributed by atoms with Gasteiger partial charge in [0.05, 0.1) is 10.3 Å². The molecular weight excluding hydrogens is 333 g/mol. The summed E-state index contributed by atoms with van der Waals surface area (Å²) in [7, 11) is -3.34. The molecule has 96 valence electrons. The van der Waals surface area contributed by atoms with E-state index in [-0.39, 0.29) is 10.6 Å². The summed E-state index contributed by atoms with van der Waals surface area (Å²) in [4.78, 5) is 0. The van der Waals surface area contributed by atoms with Gasteiger partial charge in [-0.25, -0.2) is 12.8 Å². The lowest BCUT2D eigenvalue weighted by Crippen LogP contribution is -2.31. The first-order chi connectivity index (χ1) is 7.66. The summed E-state index contributed by atoms with van der Waals surface area (Å²) in [5.41, 5.74) is 5.84. The van der Waals surface area contributed by atoms with Gasteiger partial charge in [0.2, 0.25) is 0 Å². The van der Waals surface area contributed by atoms with Crippen LogP contribution in [0.25, 0.3) is 0 Å². The molecule has 17 heavy (non-hydrogen) atoms. The van der Waals surface area contributed by atoms with Crippen LogP contribution in [0, 0.1) is 5.82 Å². The normalized spacial score (nSPS) is 15.6. The van der Waals surface area contributed by atoms with Gasteiger partial charge in [0, 0.05) is 22.3 Å². The van der Waals surface area contributed by atoms with Crippen LogP contribution in [0.3, 0.4) is 0 Å². The second-order valence-electron chi connectivity index (χ2n) is 3.83. The molecule has 0 saturated carbocycles. The topological polar surface area (TPSA) is 60.2 Å². The van der Waals surface area contributed by atoms with Crippen molar-refractivity contribution in [3.63, 3.8) is 0 Å². The minimum atomic E-state index is -3.34. The average molecular weight is 345 g/mol. The molecule has 0 aliphatic carbocycles. The Kier molecular flexibility index (Phi) is 4.57. The van der Waals surface area contributed by atoms with Crippen LogP contribution in [0.1, 0.15) is 18.5 Å². The number of hydrogen-bond donors (Lipinski definition) is 1. The number of halogens is 3. The highest BCUT2D eigenvalue weighted by atomic mass is 79.9. The molecule has 3 nitrogen and oxygen atoms in total. The average Bonchev–Trinajstić information content (AvgIpc) is 2.23. The fraction of sp³-hybridized carbons (Fsp3) is 0.400. The van der Waals surface area contributed by atoms with Gasteiger partial charge in [0.25, 0.3) is 0 Å². The van der Waals surface area contributed by atoms with E-state index in [1.165, 1.54) is 19.1 Å². The lowest BCUT2D eigenvalue weighted by molar-refractivity contribution is 0.549. The summed E-state index contributed by atoms with van der Waals surface area (Å²) < 4.78 is 37.0. The van der Waals surface area contributed by atoms with Crippen molar-refractivity contribution >= 4 is 37.4 Å². The lowest BCUT2D eigenvalue weighted by Gasteiger charge is -2.19. The second kappa shape index (κ2) is 5.22. The quantitative estimate of drug-likeness (QED) is 0.858. The van der Waals surface area contributed by atoms with Gasteiger partial charge in [-0.05, 0) is 28.9 Å². The molecule has 0 bridgehead atoms. The first-order valence-electron chi connectivity index (χ1n) is 4.74. The number of sulfone groups is 1. The molecule has 7 heteroatoms. The largest absolute Gasteiger partial charge is 0.323 e. The van der Waals surface area contributed by atoms with E-state index >= 15 is 0 Å². The second-order valence-corrected chi connectivity index (χ2v) is 7.46. The van der Waals surface area contributed by atoms with Gasteiger partial charge in [-0.2, -0.15) is 0 Å². The fourth-order valence-electron chi connectivity index (χ4n) is 1.32. The van der Waals surface area contributed by atoms with Gasteiger partial charge in [-0.15, -0.1) is 0 Å². The van der Waals surface area contributed by atoms with Crippen molar-refractivity contribution in [2.45, 2.75) is 18.2 Å². The molecule has 1 aromatic rings. The highest BCUT2D eigenvalue weighted by molar-refractivity contribution is 9.10. The Bertz CT molecular complexity index is 535. The molecule has 0 fully saturated rings. The maximum Gasteiger partial charge on any atom is 0.151 e. The maximum atomic E-state index is 13.8. The highest BCUT2D eigenvalue weighted by Gasteiger charge is 2.27. The van der Waals surface area contributed by atoms with Gasteiger partial charge < -0.3 is 5.73 Å². The van der Waals surface area contributed by atoms with Gasteiger partial charge in [0.1, 0.15) is 5.82 Å². The Morgan fingerprint density at radius 3 is 2.47 bits per heavy atom. The number of benzene rings is 1. The van der Waals surface area contributed by atoms with Gasteiger partial charge in [-0.3, -0.25) is 0 Å². The predicted molar refractivity (Wildman–Crippen MR) is 70.3 cm³/mol. The summed E-state index contributed by atoms with van der Waals surface area (Å²) >= 11 is 8.79. The van der Waals surface area contributed by atoms with Crippen LogP contribution in [0.4, 0.5) is 4.39 Å². The van der Waals surface area contributed by atoms with Crippen molar-refractivity contribution in [2.24, 2.45) is 5.73 Å². The Hall–Kier alpha value is -0.170. The van der Waals surface area contributed by atoms with Crippen LogP contribution in [-0.2, 0) is 9.84 Å². The van der Waals surface area contributed by atoms with E-state index in [0.29, 0.717) is 4.47 Å². The van der Waals surface area contributed by atoms with Crippen LogP contribution in [-0.4, -0.2) is 19.9 Å². The minimum absolute atomic E-state index is 0.0936. The predicted octanol–water partition coefficient (Wildman–Crippen LogP) is 2.67. The third-order valence-electron chi connectivity index (χ3n) is 2.61. The van der Waals surface area contributed by atoms with Crippen molar-refractivity contribution < 1.29 is 12.8 Å². The molecule has 2 N–H and O–H groups in total. The Morgan fingerprint density at radius 2 is 2.00 bits per heavy atom. The molecule has 0 spiro atoms. The molecule has 1 aromatic carbocycles. The van der Waals surface area contributed by atoms with Crippen molar-refractivity contribution in [3.05, 3.63) is 33.0 Å². The molecule has 0 aromatic heterocycles. The molecule has 0 saturated heterocycles. The highest BCUT2D eigenvalue weighted by Crippen LogP contribution is 2.31. The first kappa shape index (κ1) is 14.9. The molecule has 2 unspecified atom stereocenters. The van der Waals surface area contributed by atoms with Crippen molar-refractivity contribution in [3.8, 4) is 0 Å². The number of nitrogens with two attached hydrogens (primary N) is 1. The van der Waals surface area contributed by atoms with E-state index in [0.717, 1.165) is 6.26 Å². The zero-order valence-electron chi connectivity index (χ0n) is 9.25. The molecule has 1 rings (SSSR count). The van der Waals surface area contributed by atoms with Crippen molar-refractivity contribution in [2.75, 3.05) is 6.26 Å². The van der Waals surface area contributed by atoms with Crippen LogP contribution in [0.2, 0.25) is 5.02 Å². The molecule has 2 atom stereocenters. The van der Waals surface area contributed by atoms with Crippen molar-refractivity contribution in [1.82, 2.24) is 0 Å². The Labute approximate surface area is 113 Å². The zero-order chi connectivity index (χ0) is 13.4. The zero-order valence-corrected chi connectivity index (χ0v) is 12.4. The third kappa shape index (κ3) is 3.19. The number of hydrogen-bond acceptors (Lipinski definition) is 3. The molecule has 0 aliphatic rings. The standard InChI is InChI=1S/C10H12BrClFNO2S/c1-5(17(2,15)16)10(14)6-3-4-7(11)8(12)9(6)13/h3-5,10H,14H2,1-2H3. The molecule has 0 heterocycles. The van der Waals surface area contributed by atoms with Crippen LogP contribution in [0.15, 0.2) is 16.6 Å². The Morgan fingerprint density at radius 1 is 1.47 bits per heavy atom. The molecular formula is C10H12BrClFNO2S. The monoisotopic (exact) mass is 343 g/mol. The SMILES string of the molecule is CC(C(N)c1ccc(Br)c(Cl)c1F)S(C)(=O)=O. The van der Waals surface area contributed by atoms with E-state index < -0.39 is 26.9 Å². The summed E-state index contributed by atoms with van der Waals surface area (Å²) in [6.07, 6.45) is 1.07. The van der Waals surface area contributed by atoms with E-state index in [4.69, 9.17) is 17.3 Å². The van der Waals surface area contributed by atoms with Gasteiger partial charge in [0.15, 0.2) is 9.84 Å². The van der Waals surface area contributed by atoms with E-state index in [9.17, 15) is 12.8 Å². The third-order valence-corrected chi connectivity index (χ3v) is 5.51. The minimum Gasteiger partial charge on any atom is -0.323 e. The van der Waals surface area contributed by atoms with Gasteiger partial charge >= 0.3 is 0 Å². The Balaban J connectivity index is 3.23. The van der Waals surface area contributed by atoms with Gasteiger partial charge in [-0.1, -0.05) is 17.7 Å². The molecule has 0 radical (unpaired) electrons. The van der Waals surface area contributed by atoms with Crippen LogP contribution in [0.5, 0.6) is 0 Å². The van der Waals surface area contributed by atoms with E-state index in [1.54, 1.807) is 0 Å². The fourth-order valence-corrected chi connectivity index (χ4v) is 2.48. The lowest BCUT2D eigenvalue weighted by atomic mass is 10.0. The maximum absolute atomic E-state index is 13.8. The summed E-state index contributed by atoms with van der Waals surface area (Å²) in [6.45, 7) is 1.44. The van der Waals surface area contributed by atoms with Crippen LogP contribution < -0.4 is 5.73 Å². The summed E-state index contributed by atoms with van der Waals surface area (Å²) in [5, 5.41) is -0.979. The van der Waals surface area contributed by atoms with E-state index in [1.807, 2.05) is 0 Å². The summed E-state index contributed by atoms with van der Waals surface area (Å²) in [5.74, 6) is -0.691. The van der Waals surface area contributed by atoms with Crippen molar-refractivity contribution in [1.29, 1.82) is 0 Å². The first-order valence-corrected chi connectivity index (χ1v) is 7.86. The number of rotatable bonds is 3.